The molecule has 0 aliphatic carbocycles. The molecule has 0 aromatic carbocycles. The molecule has 406 valence electrons. The maximum atomic E-state index is 13.0. The van der Waals surface area contributed by atoms with Crippen LogP contribution in [0.15, 0.2) is 60.8 Å². The van der Waals surface area contributed by atoms with Gasteiger partial charge in [-0.25, -0.2) is 0 Å². The fraction of sp³-hybridized carbons (Fsp3) is 0.804. The lowest BCUT2D eigenvalue weighted by Crippen LogP contribution is -2.61. The lowest BCUT2D eigenvalue weighted by molar-refractivity contribution is -0.332. The Hall–Kier alpha value is -2.31. The van der Waals surface area contributed by atoms with E-state index in [2.05, 4.69) is 74.6 Å². The fourth-order valence-corrected chi connectivity index (χ4v) is 8.33. The summed E-state index contributed by atoms with van der Waals surface area (Å²) >= 11 is 0. The van der Waals surface area contributed by atoms with Gasteiger partial charge in [-0.05, 0) is 77.0 Å². The van der Waals surface area contributed by atoms with Crippen molar-refractivity contribution in [1.29, 1.82) is 0 Å². The highest BCUT2D eigenvalue weighted by Crippen LogP contribution is 2.26. The van der Waals surface area contributed by atoms with Gasteiger partial charge >= 0.3 is 5.97 Å². The number of allylic oxidation sites excluding steroid dienone is 10. The first-order valence-electron chi connectivity index (χ1n) is 27.4. The predicted molar refractivity (Wildman–Crippen MR) is 275 cm³/mol. The number of ether oxygens (including phenoxy) is 6. The Morgan fingerprint density at radius 2 is 0.929 bits per heavy atom. The summed E-state index contributed by atoms with van der Waals surface area (Å²) in [5.74, 6) is -0.389. The summed E-state index contributed by atoms with van der Waals surface area (Å²) in [6, 6.07) is 0. The summed E-state index contributed by atoms with van der Waals surface area (Å²) in [6.45, 7) is 3.52. The van der Waals surface area contributed by atoms with E-state index >= 15 is 0 Å². The maximum Gasteiger partial charge on any atom is 0.306 e. The van der Waals surface area contributed by atoms with Crippen molar-refractivity contribution in [3.05, 3.63) is 60.8 Å². The minimum absolute atomic E-state index is 0.0452. The molecule has 2 aliphatic rings. The van der Waals surface area contributed by atoms with Crippen molar-refractivity contribution in [3.8, 4) is 0 Å². The lowest BCUT2D eigenvalue weighted by Gasteiger charge is -2.42. The highest BCUT2D eigenvalue weighted by atomic mass is 16.7. The minimum Gasteiger partial charge on any atom is -0.457 e. The van der Waals surface area contributed by atoms with E-state index in [1.165, 1.54) is 70.6 Å². The molecule has 7 N–H and O–H groups in total. The second-order valence-corrected chi connectivity index (χ2v) is 19.0. The van der Waals surface area contributed by atoms with Crippen LogP contribution in [0.5, 0.6) is 0 Å². The zero-order valence-electron chi connectivity index (χ0n) is 43.2. The van der Waals surface area contributed by atoms with Crippen molar-refractivity contribution < 1.29 is 69.0 Å². The molecule has 14 nitrogen and oxygen atoms in total. The summed E-state index contributed by atoms with van der Waals surface area (Å²) in [5.41, 5.74) is 0. The Morgan fingerprint density at radius 3 is 1.47 bits per heavy atom. The van der Waals surface area contributed by atoms with Gasteiger partial charge in [-0.3, -0.25) is 4.79 Å². The molecule has 14 heteroatoms. The average Bonchev–Trinajstić information content (AvgIpc) is 3.36. The molecule has 11 unspecified atom stereocenters. The van der Waals surface area contributed by atoms with Crippen molar-refractivity contribution in [2.45, 2.75) is 255 Å². The Kier molecular flexibility index (Phi) is 39.3. The maximum absolute atomic E-state index is 13.0. The number of aliphatic hydroxyl groups is 7. The monoisotopic (exact) mass is 995 g/mol. The molecule has 2 aliphatic heterocycles. The fourth-order valence-electron chi connectivity index (χ4n) is 8.33. The third-order valence-corrected chi connectivity index (χ3v) is 12.8. The summed E-state index contributed by atoms with van der Waals surface area (Å²) in [7, 11) is 0. The van der Waals surface area contributed by atoms with E-state index in [0.717, 1.165) is 89.9 Å². The number of aliphatic hydroxyl groups excluding tert-OH is 7. The molecule has 2 saturated heterocycles. The summed E-state index contributed by atoms with van der Waals surface area (Å²) in [5, 5.41) is 72.2. The number of rotatable bonds is 43. The highest BCUT2D eigenvalue weighted by Gasteiger charge is 2.47. The minimum atomic E-state index is -1.71. The number of carbonyl (C=O) groups is 1. The molecule has 2 heterocycles. The van der Waals surface area contributed by atoms with E-state index in [9.17, 15) is 40.5 Å². The summed E-state index contributed by atoms with van der Waals surface area (Å²) in [6.07, 6.45) is 35.6. The van der Waals surface area contributed by atoms with E-state index in [1.54, 1.807) is 0 Å². The molecule has 11 atom stereocenters. The molecule has 2 rings (SSSR count). The van der Waals surface area contributed by atoms with E-state index in [1.807, 2.05) is 0 Å². The first-order valence-corrected chi connectivity index (χ1v) is 27.4. The summed E-state index contributed by atoms with van der Waals surface area (Å²) in [4.78, 5) is 13.0. The van der Waals surface area contributed by atoms with E-state index in [-0.39, 0.29) is 25.6 Å². The average molecular weight is 995 g/mol. The first-order chi connectivity index (χ1) is 34.1. The number of hydrogen-bond acceptors (Lipinski definition) is 14. The van der Waals surface area contributed by atoms with Crippen LogP contribution in [-0.4, -0.2) is 142 Å². The van der Waals surface area contributed by atoms with Gasteiger partial charge in [0.05, 0.1) is 26.4 Å². The van der Waals surface area contributed by atoms with Gasteiger partial charge < -0.3 is 64.2 Å². The second-order valence-electron chi connectivity index (χ2n) is 19.0. The van der Waals surface area contributed by atoms with Crippen molar-refractivity contribution in [1.82, 2.24) is 0 Å². The van der Waals surface area contributed by atoms with Gasteiger partial charge in [0, 0.05) is 13.0 Å². The van der Waals surface area contributed by atoms with Crippen molar-refractivity contribution >= 4 is 5.97 Å². The first kappa shape index (κ1) is 63.8. The standard InChI is InChI=1S/C56H98O14/c1-3-5-7-9-11-13-15-17-19-21-23-25-27-29-31-33-35-37-39-48(58)68-45(42-65-40-38-36-34-32-30-28-26-24-22-20-18-16-14-12-10-8-6-4-2)43-66-55-54(64)52(62)50(60)47(70-55)44-67-56-53(63)51(61)49(59)46(41-57)69-56/h6,8,12,14,18-21,24,26,45-47,49-57,59-64H,3-5,7,9-11,13,15-17,22-23,25,27-44H2,1-2H3/b8-6-,14-12-,20-18-,21-19-,26-24-. The van der Waals surface area contributed by atoms with Crippen molar-refractivity contribution in [2.24, 2.45) is 0 Å². The number of unbranched alkanes of at least 4 members (excludes halogenated alkanes) is 19. The smallest absolute Gasteiger partial charge is 0.306 e. The van der Waals surface area contributed by atoms with E-state index in [0.29, 0.717) is 13.0 Å². The van der Waals surface area contributed by atoms with Crippen LogP contribution in [0.2, 0.25) is 0 Å². The third kappa shape index (κ3) is 30.0. The van der Waals surface area contributed by atoms with Crippen LogP contribution in [0.3, 0.4) is 0 Å². The van der Waals surface area contributed by atoms with Crippen LogP contribution in [0.4, 0.5) is 0 Å². The molecule has 0 radical (unpaired) electrons. The van der Waals surface area contributed by atoms with Gasteiger partial charge in [0.15, 0.2) is 12.6 Å². The highest BCUT2D eigenvalue weighted by molar-refractivity contribution is 5.69. The molecule has 2 fully saturated rings. The van der Waals surface area contributed by atoms with Crippen LogP contribution >= 0.6 is 0 Å². The normalized spacial score (nSPS) is 26.0. The Morgan fingerprint density at radius 1 is 0.486 bits per heavy atom. The molecular formula is C56H98O14. The van der Waals surface area contributed by atoms with Crippen molar-refractivity contribution in [2.75, 3.05) is 33.0 Å². The molecule has 70 heavy (non-hydrogen) atoms. The quantitative estimate of drug-likeness (QED) is 0.0173. The molecular weight excluding hydrogens is 897 g/mol. The molecule has 0 saturated carbocycles. The van der Waals surface area contributed by atoms with Gasteiger partial charge in [0.1, 0.15) is 54.9 Å². The van der Waals surface area contributed by atoms with Crippen LogP contribution in [0.25, 0.3) is 0 Å². The summed E-state index contributed by atoms with van der Waals surface area (Å²) < 4.78 is 34.3. The molecule has 0 bridgehead atoms. The predicted octanol–water partition coefficient (Wildman–Crippen LogP) is 8.91. The number of hydrogen-bond donors (Lipinski definition) is 7. The van der Waals surface area contributed by atoms with Gasteiger partial charge in [0.2, 0.25) is 0 Å². The van der Waals surface area contributed by atoms with Gasteiger partial charge in [-0.2, -0.15) is 0 Å². The Labute approximate surface area is 422 Å². The molecule has 0 amide bonds. The van der Waals surface area contributed by atoms with E-state index < -0.39 is 80.7 Å². The third-order valence-electron chi connectivity index (χ3n) is 12.8. The number of carbonyl (C=O) groups excluding carboxylic acids is 1. The largest absolute Gasteiger partial charge is 0.457 e. The number of esters is 1. The van der Waals surface area contributed by atoms with E-state index in [4.69, 9.17) is 28.4 Å². The molecule has 0 aromatic rings. The van der Waals surface area contributed by atoms with Crippen LogP contribution in [-0.2, 0) is 33.2 Å². The topological polar surface area (TPSA) is 214 Å². The van der Waals surface area contributed by atoms with Crippen LogP contribution in [0.1, 0.15) is 187 Å². The zero-order chi connectivity index (χ0) is 50.9. The van der Waals surface area contributed by atoms with Gasteiger partial charge in [-0.15, -0.1) is 0 Å². The lowest BCUT2D eigenvalue weighted by atomic mass is 9.98. The van der Waals surface area contributed by atoms with Crippen molar-refractivity contribution in [3.63, 3.8) is 0 Å². The van der Waals surface area contributed by atoms with Gasteiger partial charge in [-0.1, -0.05) is 164 Å². The Balaban J connectivity index is 1.76. The molecule has 0 aromatic heterocycles. The molecule has 0 spiro atoms. The SMILES string of the molecule is CC/C=C\C/C=C\C/C=C\C/C=C\CCCCCCCOCC(COC1OC(COC2OC(CO)C(O)C(O)C2O)C(O)C(O)C1O)OC(=O)CCCCCCCCC/C=C\CCCCCCCCC. The second kappa shape index (κ2) is 43.1. The van der Waals surface area contributed by atoms with Gasteiger partial charge in [0.25, 0.3) is 0 Å². The Bertz CT molecular complexity index is 1390. The zero-order valence-corrected chi connectivity index (χ0v) is 43.2. The van der Waals surface area contributed by atoms with Crippen LogP contribution < -0.4 is 0 Å². The van der Waals surface area contributed by atoms with Crippen LogP contribution in [0, 0.1) is 0 Å².